The summed E-state index contributed by atoms with van der Waals surface area (Å²) in [6, 6.07) is 13.6. The maximum absolute atomic E-state index is 6.03. The van der Waals surface area contributed by atoms with Gasteiger partial charge in [-0.05, 0) is 30.3 Å². The van der Waals surface area contributed by atoms with Gasteiger partial charge in [-0.3, -0.25) is 4.98 Å². The van der Waals surface area contributed by atoms with E-state index in [1.54, 1.807) is 0 Å². The number of para-hydroxylation sites is 1. The summed E-state index contributed by atoms with van der Waals surface area (Å²) in [6.07, 6.45) is 1.85. The van der Waals surface area contributed by atoms with E-state index in [-0.39, 0.29) is 0 Å². The molecule has 4 aromatic rings. The molecule has 2 aromatic heterocycles. The zero-order valence-corrected chi connectivity index (χ0v) is 10.1. The van der Waals surface area contributed by atoms with E-state index in [0.29, 0.717) is 5.02 Å². The van der Waals surface area contributed by atoms with Crippen molar-refractivity contribution in [3.05, 3.63) is 53.7 Å². The van der Waals surface area contributed by atoms with Gasteiger partial charge in [0.2, 0.25) is 0 Å². The molecule has 3 heteroatoms. The number of benzene rings is 2. The van der Waals surface area contributed by atoms with Crippen molar-refractivity contribution < 1.29 is 4.42 Å². The van der Waals surface area contributed by atoms with Gasteiger partial charge in [0.05, 0.1) is 5.52 Å². The van der Waals surface area contributed by atoms with Crippen molar-refractivity contribution in [1.82, 2.24) is 4.98 Å². The smallest absolute Gasteiger partial charge is 0.146 e. The summed E-state index contributed by atoms with van der Waals surface area (Å²) >= 11 is 6.03. The van der Waals surface area contributed by atoms with Crippen LogP contribution < -0.4 is 0 Å². The van der Waals surface area contributed by atoms with E-state index in [4.69, 9.17) is 16.0 Å². The number of hydrogen-bond acceptors (Lipinski definition) is 2. The van der Waals surface area contributed by atoms with Crippen LogP contribution in [0.3, 0.4) is 0 Å². The van der Waals surface area contributed by atoms with Gasteiger partial charge in [-0.2, -0.15) is 0 Å². The fraction of sp³-hybridized carbons (Fsp3) is 0. The maximum Gasteiger partial charge on any atom is 0.146 e. The third-order valence-corrected chi connectivity index (χ3v) is 3.40. The lowest BCUT2D eigenvalue weighted by Gasteiger charge is -1.96. The van der Waals surface area contributed by atoms with Gasteiger partial charge in [0.25, 0.3) is 0 Å². The predicted octanol–water partition coefficient (Wildman–Crippen LogP) is 4.79. The van der Waals surface area contributed by atoms with Crippen LogP contribution in [0.2, 0.25) is 5.02 Å². The molecule has 0 aliphatic heterocycles. The minimum atomic E-state index is 0.707. The zero-order chi connectivity index (χ0) is 12.1. The van der Waals surface area contributed by atoms with E-state index in [0.717, 1.165) is 32.8 Å². The van der Waals surface area contributed by atoms with Gasteiger partial charge < -0.3 is 4.42 Å². The zero-order valence-electron chi connectivity index (χ0n) is 9.35. The van der Waals surface area contributed by atoms with Crippen LogP contribution in [0, 0.1) is 0 Å². The Bertz CT molecular complexity index is 895. The minimum absolute atomic E-state index is 0.707. The highest BCUT2D eigenvalue weighted by Crippen LogP contribution is 2.33. The summed E-state index contributed by atoms with van der Waals surface area (Å²) in [7, 11) is 0. The summed E-state index contributed by atoms with van der Waals surface area (Å²) in [4.78, 5) is 4.46. The quantitative estimate of drug-likeness (QED) is 0.450. The first kappa shape index (κ1) is 9.92. The number of fused-ring (bicyclic) bond motifs is 5. The van der Waals surface area contributed by atoms with Crippen LogP contribution in [0.5, 0.6) is 0 Å². The summed E-state index contributed by atoms with van der Waals surface area (Å²) < 4.78 is 5.92. The summed E-state index contributed by atoms with van der Waals surface area (Å²) in [6.45, 7) is 0. The normalized spacial score (nSPS) is 11.6. The van der Waals surface area contributed by atoms with Crippen LogP contribution in [0.1, 0.15) is 0 Å². The predicted molar refractivity (Wildman–Crippen MR) is 74.0 cm³/mol. The number of hydrogen-bond donors (Lipinski definition) is 0. The molecule has 2 aromatic carbocycles. The SMILES string of the molecule is Clc1ccc2oc3c4ccccc4ncc3c2c1. The molecule has 4 rings (SSSR count). The Morgan fingerprint density at radius 3 is 2.78 bits per heavy atom. The molecular formula is C15H8ClNO. The largest absolute Gasteiger partial charge is 0.455 e. The Kier molecular flexibility index (Phi) is 1.91. The fourth-order valence-electron chi connectivity index (χ4n) is 2.33. The van der Waals surface area contributed by atoms with Crippen molar-refractivity contribution in [2.24, 2.45) is 0 Å². The number of aromatic nitrogens is 1. The standard InChI is InChI=1S/C15H8ClNO/c16-9-5-6-14-11(7-9)12-8-17-13-4-2-1-3-10(13)15(12)18-14/h1-8H. The van der Waals surface area contributed by atoms with Gasteiger partial charge in [-0.1, -0.05) is 23.7 Å². The monoisotopic (exact) mass is 253 g/mol. The van der Waals surface area contributed by atoms with E-state index in [2.05, 4.69) is 4.98 Å². The van der Waals surface area contributed by atoms with Crippen LogP contribution >= 0.6 is 11.6 Å². The molecule has 0 spiro atoms. The molecule has 0 amide bonds. The number of rotatable bonds is 0. The van der Waals surface area contributed by atoms with Gasteiger partial charge in [0.1, 0.15) is 11.2 Å². The second-order valence-corrected chi connectivity index (χ2v) is 4.70. The Hall–Kier alpha value is -2.06. The summed E-state index contributed by atoms with van der Waals surface area (Å²) in [5, 5.41) is 3.75. The molecule has 0 radical (unpaired) electrons. The Balaban J connectivity index is 2.30. The summed E-state index contributed by atoms with van der Waals surface area (Å²) in [5.41, 5.74) is 2.65. The Labute approximate surface area is 108 Å². The third kappa shape index (κ3) is 1.27. The lowest BCUT2D eigenvalue weighted by molar-refractivity contribution is 0.672. The second kappa shape index (κ2) is 3.47. The number of halogens is 1. The highest BCUT2D eigenvalue weighted by molar-refractivity contribution is 6.31. The molecule has 0 saturated carbocycles. The van der Waals surface area contributed by atoms with Crippen LogP contribution in [0.25, 0.3) is 32.8 Å². The van der Waals surface area contributed by atoms with Crippen LogP contribution in [0.4, 0.5) is 0 Å². The first-order valence-corrected chi connectivity index (χ1v) is 6.06. The molecule has 0 atom stereocenters. The third-order valence-electron chi connectivity index (χ3n) is 3.17. The molecule has 0 aliphatic carbocycles. The maximum atomic E-state index is 6.03. The highest BCUT2D eigenvalue weighted by Gasteiger charge is 2.10. The lowest BCUT2D eigenvalue weighted by Crippen LogP contribution is -1.77. The van der Waals surface area contributed by atoms with Gasteiger partial charge in [0, 0.05) is 27.4 Å². The fourth-order valence-corrected chi connectivity index (χ4v) is 2.50. The molecule has 0 bridgehead atoms. The number of pyridine rings is 1. The molecule has 0 aliphatic rings. The molecule has 0 N–H and O–H groups in total. The molecule has 0 fully saturated rings. The molecule has 0 unspecified atom stereocenters. The van der Waals surface area contributed by atoms with E-state index >= 15 is 0 Å². The van der Waals surface area contributed by atoms with Crippen molar-refractivity contribution in [2.75, 3.05) is 0 Å². The second-order valence-electron chi connectivity index (χ2n) is 4.26. The van der Waals surface area contributed by atoms with E-state index in [1.165, 1.54) is 0 Å². The van der Waals surface area contributed by atoms with Crippen LogP contribution in [0.15, 0.2) is 53.1 Å². The first-order chi connectivity index (χ1) is 8.83. The van der Waals surface area contributed by atoms with Gasteiger partial charge in [-0.25, -0.2) is 0 Å². The van der Waals surface area contributed by atoms with Crippen molar-refractivity contribution in [1.29, 1.82) is 0 Å². The minimum Gasteiger partial charge on any atom is -0.455 e. The molecular weight excluding hydrogens is 246 g/mol. The van der Waals surface area contributed by atoms with Crippen LogP contribution in [-0.4, -0.2) is 4.98 Å². The van der Waals surface area contributed by atoms with Crippen LogP contribution in [-0.2, 0) is 0 Å². The van der Waals surface area contributed by atoms with E-state index in [1.807, 2.05) is 48.7 Å². The average molecular weight is 254 g/mol. The molecule has 2 heterocycles. The lowest BCUT2D eigenvalue weighted by atomic mass is 10.1. The molecule has 2 nitrogen and oxygen atoms in total. The van der Waals surface area contributed by atoms with E-state index < -0.39 is 0 Å². The Morgan fingerprint density at radius 1 is 0.944 bits per heavy atom. The average Bonchev–Trinajstić information content (AvgIpc) is 2.77. The Morgan fingerprint density at radius 2 is 1.83 bits per heavy atom. The molecule has 0 saturated heterocycles. The molecule has 86 valence electrons. The van der Waals surface area contributed by atoms with Gasteiger partial charge >= 0.3 is 0 Å². The highest BCUT2D eigenvalue weighted by atomic mass is 35.5. The van der Waals surface area contributed by atoms with Gasteiger partial charge in [0.15, 0.2) is 0 Å². The number of furan rings is 1. The first-order valence-electron chi connectivity index (χ1n) is 5.68. The van der Waals surface area contributed by atoms with Crippen molar-refractivity contribution in [2.45, 2.75) is 0 Å². The van der Waals surface area contributed by atoms with Gasteiger partial charge in [-0.15, -0.1) is 0 Å². The van der Waals surface area contributed by atoms with Crippen molar-refractivity contribution in [3.8, 4) is 0 Å². The number of nitrogens with zero attached hydrogens (tertiary/aromatic N) is 1. The van der Waals surface area contributed by atoms with Crippen molar-refractivity contribution >= 4 is 44.4 Å². The molecule has 18 heavy (non-hydrogen) atoms. The van der Waals surface area contributed by atoms with E-state index in [9.17, 15) is 0 Å². The van der Waals surface area contributed by atoms with Crippen molar-refractivity contribution in [3.63, 3.8) is 0 Å². The summed E-state index contributed by atoms with van der Waals surface area (Å²) in [5.74, 6) is 0. The topological polar surface area (TPSA) is 26.0 Å².